The van der Waals surface area contributed by atoms with E-state index in [0.717, 1.165) is 10.9 Å². The zero-order chi connectivity index (χ0) is 12.0. The molecule has 0 saturated carbocycles. The number of aryl methyl sites for hydroxylation is 1. The quantitative estimate of drug-likeness (QED) is 0.751. The van der Waals surface area contributed by atoms with Crippen LogP contribution in [0.3, 0.4) is 0 Å². The third-order valence-corrected chi connectivity index (χ3v) is 3.61. The summed E-state index contributed by atoms with van der Waals surface area (Å²) in [6.07, 6.45) is 6.22. The van der Waals surface area contributed by atoms with Crippen molar-refractivity contribution in [2.45, 2.75) is 52.0 Å². The van der Waals surface area contributed by atoms with Gasteiger partial charge in [-0.25, -0.2) is 0 Å². The average molecular weight is 284 g/mol. The van der Waals surface area contributed by atoms with Crippen LogP contribution in [-0.4, -0.2) is 0 Å². The summed E-state index contributed by atoms with van der Waals surface area (Å²) in [5.74, 6) is 0. The lowest BCUT2D eigenvalue weighted by molar-refractivity contribution is 0.565. The molecule has 0 aromatic heterocycles. The van der Waals surface area contributed by atoms with E-state index in [-0.39, 0.29) is 6.04 Å². The molecule has 0 aliphatic rings. The zero-order valence-electron chi connectivity index (χ0n) is 10.3. The number of benzene rings is 1. The number of hydrogen-bond acceptors (Lipinski definition) is 1. The molecule has 90 valence electrons. The lowest BCUT2D eigenvalue weighted by atomic mass is 10.00. The van der Waals surface area contributed by atoms with Gasteiger partial charge < -0.3 is 5.73 Å². The first-order valence-electron chi connectivity index (χ1n) is 6.16. The molecule has 0 spiro atoms. The highest BCUT2D eigenvalue weighted by Crippen LogP contribution is 2.26. The molecule has 2 heteroatoms. The van der Waals surface area contributed by atoms with Crippen LogP contribution in [0.5, 0.6) is 0 Å². The van der Waals surface area contributed by atoms with Crippen LogP contribution in [0.25, 0.3) is 0 Å². The largest absolute Gasteiger partial charge is 0.324 e. The second-order valence-corrected chi connectivity index (χ2v) is 5.34. The molecule has 1 unspecified atom stereocenters. The van der Waals surface area contributed by atoms with Crippen LogP contribution in [0.1, 0.15) is 56.2 Å². The maximum absolute atomic E-state index is 6.20. The first kappa shape index (κ1) is 13.7. The van der Waals surface area contributed by atoms with Crippen LogP contribution in [0, 0.1) is 6.92 Å². The smallest absolute Gasteiger partial charge is 0.0306 e. The van der Waals surface area contributed by atoms with E-state index in [4.69, 9.17) is 5.73 Å². The number of halogens is 1. The van der Waals surface area contributed by atoms with E-state index in [1.54, 1.807) is 0 Å². The number of nitrogens with two attached hydrogens (primary N) is 1. The molecule has 0 bridgehead atoms. The lowest BCUT2D eigenvalue weighted by Gasteiger charge is -2.14. The average Bonchev–Trinajstić information content (AvgIpc) is 2.24. The fourth-order valence-corrected chi connectivity index (χ4v) is 2.67. The monoisotopic (exact) mass is 283 g/mol. The van der Waals surface area contributed by atoms with Crippen molar-refractivity contribution in [3.8, 4) is 0 Å². The first-order chi connectivity index (χ1) is 7.65. The van der Waals surface area contributed by atoms with E-state index >= 15 is 0 Å². The van der Waals surface area contributed by atoms with E-state index in [2.05, 4.69) is 48.0 Å². The van der Waals surface area contributed by atoms with Gasteiger partial charge >= 0.3 is 0 Å². The van der Waals surface area contributed by atoms with E-state index in [1.165, 1.54) is 36.8 Å². The molecule has 1 atom stereocenters. The summed E-state index contributed by atoms with van der Waals surface area (Å²) >= 11 is 3.59. The standard InChI is InChI=1S/C14H22BrN/c1-3-4-5-6-7-14(16)12-9-8-11(2)10-13(12)15/h8-10,14H,3-7,16H2,1-2H3. The van der Waals surface area contributed by atoms with Crippen molar-refractivity contribution in [1.29, 1.82) is 0 Å². The van der Waals surface area contributed by atoms with Gasteiger partial charge in [0.1, 0.15) is 0 Å². The molecule has 0 amide bonds. The van der Waals surface area contributed by atoms with E-state index < -0.39 is 0 Å². The molecular formula is C14H22BrN. The predicted octanol–water partition coefficient (Wildman–Crippen LogP) is 4.73. The summed E-state index contributed by atoms with van der Waals surface area (Å²) in [5, 5.41) is 0. The van der Waals surface area contributed by atoms with Crippen LogP contribution in [0.15, 0.2) is 22.7 Å². The van der Waals surface area contributed by atoms with Gasteiger partial charge in [0.2, 0.25) is 0 Å². The van der Waals surface area contributed by atoms with Gasteiger partial charge in [-0.05, 0) is 30.5 Å². The third kappa shape index (κ3) is 4.26. The van der Waals surface area contributed by atoms with Crippen molar-refractivity contribution in [3.05, 3.63) is 33.8 Å². The van der Waals surface area contributed by atoms with Crippen LogP contribution in [0.2, 0.25) is 0 Å². The maximum atomic E-state index is 6.20. The Kier molecular flexibility index (Phi) is 6.07. The Morgan fingerprint density at radius 2 is 2.00 bits per heavy atom. The molecule has 1 rings (SSSR count). The molecule has 2 N–H and O–H groups in total. The van der Waals surface area contributed by atoms with E-state index in [1.807, 2.05) is 0 Å². The first-order valence-corrected chi connectivity index (χ1v) is 6.96. The summed E-state index contributed by atoms with van der Waals surface area (Å²) in [7, 11) is 0. The summed E-state index contributed by atoms with van der Waals surface area (Å²) < 4.78 is 1.15. The molecule has 0 aliphatic carbocycles. The highest BCUT2D eigenvalue weighted by molar-refractivity contribution is 9.10. The Morgan fingerprint density at radius 3 is 2.62 bits per heavy atom. The van der Waals surface area contributed by atoms with Gasteiger partial charge in [-0.3, -0.25) is 0 Å². The van der Waals surface area contributed by atoms with Gasteiger partial charge in [-0.15, -0.1) is 0 Å². The van der Waals surface area contributed by atoms with E-state index in [0.29, 0.717) is 0 Å². The summed E-state index contributed by atoms with van der Waals surface area (Å²) in [4.78, 5) is 0. The van der Waals surface area contributed by atoms with Crippen LogP contribution < -0.4 is 5.73 Å². The zero-order valence-corrected chi connectivity index (χ0v) is 11.9. The lowest BCUT2D eigenvalue weighted by Crippen LogP contribution is -2.10. The minimum absolute atomic E-state index is 0.173. The Morgan fingerprint density at radius 1 is 1.25 bits per heavy atom. The van der Waals surface area contributed by atoms with Crippen molar-refractivity contribution in [2.75, 3.05) is 0 Å². The normalized spacial score (nSPS) is 12.8. The number of hydrogen-bond donors (Lipinski definition) is 1. The molecule has 1 aromatic carbocycles. The molecular weight excluding hydrogens is 262 g/mol. The molecule has 16 heavy (non-hydrogen) atoms. The Hall–Kier alpha value is -0.340. The van der Waals surface area contributed by atoms with Crippen molar-refractivity contribution in [2.24, 2.45) is 5.73 Å². The number of unbranched alkanes of at least 4 members (excludes halogenated alkanes) is 3. The second-order valence-electron chi connectivity index (χ2n) is 4.48. The van der Waals surface area contributed by atoms with Crippen LogP contribution in [0.4, 0.5) is 0 Å². The predicted molar refractivity (Wildman–Crippen MR) is 74.6 cm³/mol. The summed E-state index contributed by atoms with van der Waals surface area (Å²) in [5.41, 5.74) is 8.71. The third-order valence-electron chi connectivity index (χ3n) is 2.92. The Labute approximate surface area is 108 Å². The molecule has 0 radical (unpaired) electrons. The molecule has 1 aromatic rings. The maximum Gasteiger partial charge on any atom is 0.0306 e. The minimum atomic E-state index is 0.173. The topological polar surface area (TPSA) is 26.0 Å². The molecule has 0 heterocycles. The van der Waals surface area contributed by atoms with Gasteiger partial charge in [0.15, 0.2) is 0 Å². The number of rotatable bonds is 6. The van der Waals surface area contributed by atoms with Crippen molar-refractivity contribution >= 4 is 15.9 Å². The van der Waals surface area contributed by atoms with Gasteiger partial charge in [0.25, 0.3) is 0 Å². The van der Waals surface area contributed by atoms with Gasteiger partial charge in [0.05, 0.1) is 0 Å². The Bertz CT molecular complexity index is 323. The molecule has 0 saturated heterocycles. The van der Waals surface area contributed by atoms with E-state index in [9.17, 15) is 0 Å². The van der Waals surface area contributed by atoms with Crippen LogP contribution >= 0.6 is 15.9 Å². The van der Waals surface area contributed by atoms with Crippen molar-refractivity contribution in [1.82, 2.24) is 0 Å². The van der Waals surface area contributed by atoms with Gasteiger partial charge in [-0.1, -0.05) is 60.7 Å². The van der Waals surface area contributed by atoms with Crippen molar-refractivity contribution in [3.63, 3.8) is 0 Å². The minimum Gasteiger partial charge on any atom is -0.324 e. The Balaban J connectivity index is 2.49. The summed E-state index contributed by atoms with van der Waals surface area (Å²) in [6, 6.07) is 6.59. The SMILES string of the molecule is CCCCCCC(N)c1ccc(C)cc1Br. The highest BCUT2D eigenvalue weighted by atomic mass is 79.9. The van der Waals surface area contributed by atoms with Crippen LogP contribution in [-0.2, 0) is 0 Å². The molecule has 0 fully saturated rings. The van der Waals surface area contributed by atoms with Gasteiger partial charge in [-0.2, -0.15) is 0 Å². The van der Waals surface area contributed by atoms with Crippen molar-refractivity contribution < 1.29 is 0 Å². The molecule has 1 nitrogen and oxygen atoms in total. The second kappa shape index (κ2) is 7.08. The fourth-order valence-electron chi connectivity index (χ4n) is 1.88. The fraction of sp³-hybridized carbons (Fsp3) is 0.571. The highest BCUT2D eigenvalue weighted by Gasteiger charge is 2.09. The summed E-state index contributed by atoms with van der Waals surface area (Å²) in [6.45, 7) is 4.33. The van der Waals surface area contributed by atoms with Gasteiger partial charge in [0, 0.05) is 10.5 Å². The molecule has 0 aliphatic heterocycles.